The molecule has 0 aliphatic carbocycles. The highest BCUT2D eigenvalue weighted by molar-refractivity contribution is 5.67. The molecule has 3 aromatic rings. The quantitative estimate of drug-likeness (QED) is 0.732. The third-order valence-electron chi connectivity index (χ3n) is 3.57. The molecule has 116 valence electrons. The van der Waals surface area contributed by atoms with Gasteiger partial charge >= 0.3 is 0 Å². The number of hydrogen-bond acceptors (Lipinski definition) is 2. The van der Waals surface area contributed by atoms with Gasteiger partial charge in [-0.1, -0.05) is 54.6 Å². The maximum Gasteiger partial charge on any atom is 0.280 e. The SMILES string of the molecule is O=c1cc(C(F)F)ncn1Cc1ccccc1-c1ccccc1. The molecule has 23 heavy (non-hydrogen) atoms. The van der Waals surface area contributed by atoms with Crippen molar-refractivity contribution in [3.8, 4) is 11.1 Å². The van der Waals surface area contributed by atoms with Gasteiger partial charge in [-0.3, -0.25) is 9.36 Å². The molecule has 0 spiro atoms. The summed E-state index contributed by atoms with van der Waals surface area (Å²) in [4.78, 5) is 15.6. The third-order valence-corrected chi connectivity index (χ3v) is 3.57. The minimum absolute atomic E-state index is 0.278. The smallest absolute Gasteiger partial charge is 0.280 e. The first-order valence-electron chi connectivity index (χ1n) is 7.13. The Morgan fingerprint density at radius 2 is 1.70 bits per heavy atom. The van der Waals surface area contributed by atoms with Crippen LogP contribution in [0.15, 0.2) is 71.8 Å². The van der Waals surface area contributed by atoms with E-state index in [1.807, 2.05) is 54.6 Å². The maximum absolute atomic E-state index is 12.6. The fourth-order valence-electron chi connectivity index (χ4n) is 2.42. The van der Waals surface area contributed by atoms with Gasteiger partial charge < -0.3 is 0 Å². The molecule has 0 bridgehead atoms. The van der Waals surface area contributed by atoms with Crippen LogP contribution >= 0.6 is 0 Å². The molecule has 0 atom stereocenters. The molecule has 1 aromatic heterocycles. The minimum atomic E-state index is -2.74. The highest BCUT2D eigenvalue weighted by Crippen LogP contribution is 2.23. The number of nitrogens with zero attached hydrogens (tertiary/aromatic N) is 2. The molecule has 5 heteroatoms. The predicted octanol–water partition coefficient (Wildman–Crippen LogP) is 3.90. The second kappa shape index (κ2) is 6.52. The van der Waals surface area contributed by atoms with Gasteiger partial charge in [0.25, 0.3) is 12.0 Å². The molecular formula is C18H14F2N2O. The van der Waals surface area contributed by atoms with E-state index in [4.69, 9.17) is 0 Å². The monoisotopic (exact) mass is 312 g/mol. The van der Waals surface area contributed by atoms with Crippen molar-refractivity contribution in [3.05, 3.63) is 88.6 Å². The first kappa shape index (κ1) is 15.1. The van der Waals surface area contributed by atoms with Gasteiger partial charge in [0.15, 0.2) is 0 Å². The van der Waals surface area contributed by atoms with Crippen molar-refractivity contribution in [1.82, 2.24) is 9.55 Å². The standard InChI is InChI=1S/C18H14F2N2O/c19-18(20)16-10-17(23)22(12-21-16)11-14-8-4-5-9-15(14)13-6-2-1-3-7-13/h1-10,12,18H,11H2. The zero-order valence-corrected chi connectivity index (χ0v) is 12.2. The van der Waals surface area contributed by atoms with Gasteiger partial charge in [0.05, 0.1) is 12.9 Å². The van der Waals surface area contributed by atoms with Crippen LogP contribution in [0.2, 0.25) is 0 Å². The van der Waals surface area contributed by atoms with Crippen molar-refractivity contribution in [2.45, 2.75) is 13.0 Å². The molecular weight excluding hydrogens is 298 g/mol. The first-order valence-corrected chi connectivity index (χ1v) is 7.13. The van der Waals surface area contributed by atoms with Crippen LogP contribution < -0.4 is 5.56 Å². The van der Waals surface area contributed by atoms with Gasteiger partial charge in [-0.2, -0.15) is 0 Å². The maximum atomic E-state index is 12.6. The van der Waals surface area contributed by atoms with Crippen molar-refractivity contribution in [2.75, 3.05) is 0 Å². The second-order valence-corrected chi connectivity index (χ2v) is 5.10. The lowest BCUT2D eigenvalue weighted by molar-refractivity contribution is 0.145. The van der Waals surface area contributed by atoms with Gasteiger partial charge in [0.2, 0.25) is 0 Å². The molecule has 3 rings (SSSR count). The number of alkyl halides is 2. The molecule has 0 N–H and O–H groups in total. The average Bonchev–Trinajstić information content (AvgIpc) is 2.58. The molecule has 0 amide bonds. The van der Waals surface area contributed by atoms with Crippen molar-refractivity contribution >= 4 is 0 Å². The Bertz CT molecular complexity index is 860. The van der Waals surface area contributed by atoms with Crippen LogP contribution in [0.3, 0.4) is 0 Å². The van der Waals surface area contributed by atoms with Crippen LogP contribution in [0.25, 0.3) is 11.1 Å². The van der Waals surface area contributed by atoms with Crippen LogP contribution in [0.4, 0.5) is 8.78 Å². The van der Waals surface area contributed by atoms with E-state index < -0.39 is 17.7 Å². The van der Waals surface area contributed by atoms with Gasteiger partial charge in [-0.25, -0.2) is 13.8 Å². The van der Waals surface area contributed by atoms with Crippen LogP contribution in [0, 0.1) is 0 Å². The Kier molecular flexibility index (Phi) is 4.28. The summed E-state index contributed by atoms with van der Waals surface area (Å²) < 4.78 is 26.5. The lowest BCUT2D eigenvalue weighted by atomic mass is 10.00. The van der Waals surface area contributed by atoms with Crippen molar-refractivity contribution < 1.29 is 8.78 Å². The first-order chi connectivity index (χ1) is 11.1. The largest absolute Gasteiger partial charge is 0.295 e. The lowest BCUT2D eigenvalue weighted by Gasteiger charge is -2.11. The van der Waals surface area contributed by atoms with Gasteiger partial charge in [-0.05, 0) is 16.7 Å². The van der Waals surface area contributed by atoms with E-state index in [1.165, 1.54) is 10.9 Å². The number of halogens is 2. The van der Waals surface area contributed by atoms with Gasteiger partial charge in [0.1, 0.15) is 5.69 Å². The minimum Gasteiger partial charge on any atom is -0.295 e. The summed E-state index contributed by atoms with van der Waals surface area (Å²) in [6.45, 7) is 0.278. The Morgan fingerprint density at radius 3 is 2.39 bits per heavy atom. The molecule has 0 saturated heterocycles. The van der Waals surface area contributed by atoms with Crippen molar-refractivity contribution in [1.29, 1.82) is 0 Å². The van der Waals surface area contributed by atoms with E-state index >= 15 is 0 Å². The van der Waals surface area contributed by atoms with E-state index in [0.29, 0.717) is 0 Å². The summed E-state index contributed by atoms with van der Waals surface area (Å²) in [5.74, 6) is 0. The van der Waals surface area contributed by atoms with Gasteiger partial charge in [-0.15, -0.1) is 0 Å². The molecule has 0 aliphatic rings. The number of aromatic nitrogens is 2. The topological polar surface area (TPSA) is 34.9 Å². The summed E-state index contributed by atoms with van der Waals surface area (Å²) >= 11 is 0. The summed E-state index contributed by atoms with van der Waals surface area (Å²) in [6.07, 6.45) is -1.57. The van der Waals surface area contributed by atoms with Crippen LogP contribution in [0.1, 0.15) is 17.7 Å². The average molecular weight is 312 g/mol. The molecule has 3 nitrogen and oxygen atoms in total. The molecule has 0 fully saturated rings. The van der Waals surface area contributed by atoms with Crippen LogP contribution in [0.5, 0.6) is 0 Å². The highest BCUT2D eigenvalue weighted by atomic mass is 19.3. The molecule has 0 radical (unpaired) electrons. The fourth-order valence-corrected chi connectivity index (χ4v) is 2.42. The second-order valence-electron chi connectivity index (χ2n) is 5.10. The van der Waals surface area contributed by atoms with E-state index in [2.05, 4.69) is 4.98 Å². The Hall–Kier alpha value is -2.82. The van der Waals surface area contributed by atoms with Crippen LogP contribution in [-0.2, 0) is 6.54 Å². The number of benzene rings is 2. The lowest BCUT2D eigenvalue weighted by Crippen LogP contribution is -2.21. The zero-order valence-electron chi connectivity index (χ0n) is 12.2. The summed E-state index contributed by atoms with van der Waals surface area (Å²) in [5, 5.41) is 0. The Balaban J connectivity index is 1.97. The molecule has 0 saturated carbocycles. The van der Waals surface area contributed by atoms with Crippen molar-refractivity contribution in [3.63, 3.8) is 0 Å². The summed E-state index contributed by atoms with van der Waals surface area (Å²) in [5.41, 5.74) is 1.97. The highest BCUT2D eigenvalue weighted by Gasteiger charge is 2.11. The predicted molar refractivity (Wildman–Crippen MR) is 84.4 cm³/mol. The molecule has 1 heterocycles. The Morgan fingerprint density at radius 1 is 1.00 bits per heavy atom. The third kappa shape index (κ3) is 3.34. The molecule has 0 aliphatic heterocycles. The summed E-state index contributed by atoms with van der Waals surface area (Å²) in [7, 11) is 0. The van der Waals surface area contributed by atoms with Crippen molar-refractivity contribution in [2.24, 2.45) is 0 Å². The van der Waals surface area contributed by atoms with E-state index in [1.54, 1.807) is 0 Å². The number of hydrogen-bond donors (Lipinski definition) is 0. The fraction of sp³-hybridized carbons (Fsp3) is 0.111. The van der Waals surface area contributed by atoms with E-state index in [9.17, 15) is 13.6 Å². The Labute approximate surface area is 131 Å². The van der Waals surface area contributed by atoms with Gasteiger partial charge in [0, 0.05) is 6.07 Å². The summed E-state index contributed by atoms with van der Waals surface area (Å²) in [6, 6.07) is 18.4. The van der Waals surface area contributed by atoms with E-state index in [0.717, 1.165) is 22.8 Å². The van der Waals surface area contributed by atoms with E-state index in [-0.39, 0.29) is 6.54 Å². The number of rotatable bonds is 4. The molecule has 0 unspecified atom stereocenters. The molecule has 2 aromatic carbocycles. The van der Waals surface area contributed by atoms with Crippen LogP contribution in [-0.4, -0.2) is 9.55 Å². The zero-order chi connectivity index (χ0) is 16.2. The normalized spacial score (nSPS) is 10.9.